The second kappa shape index (κ2) is 12.4. The summed E-state index contributed by atoms with van der Waals surface area (Å²) in [5.41, 5.74) is 3.73. The first-order chi connectivity index (χ1) is 16.7. The number of likely N-dealkylation sites (tertiary alicyclic amines) is 1. The minimum atomic E-state index is 0.316. The van der Waals surface area contributed by atoms with Gasteiger partial charge in [-0.25, -0.2) is 0 Å². The van der Waals surface area contributed by atoms with Crippen LogP contribution in [0.2, 0.25) is 0 Å². The van der Waals surface area contributed by atoms with Crippen molar-refractivity contribution in [3.05, 3.63) is 59.7 Å². The van der Waals surface area contributed by atoms with Crippen LogP contribution in [0, 0.1) is 5.92 Å². The predicted molar refractivity (Wildman–Crippen MR) is 141 cm³/mol. The zero-order valence-corrected chi connectivity index (χ0v) is 21.2. The maximum Gasteiger partial charge on any atom is 0.227 e. The fraction of sp³-hybridized carbons (Fsp3) is 0.567. The van der Waals surface area contributed by atoms with Gasteiger partial charge in [0.15, 0.2) is 0 Å². The van der Waals surface area contributed by atoms with Gasteiger partial charge in [-0.3, -0.25) is 4.79 Å². The molecule has 2 aromatic rings. The van der Waals surface area contributed by atoms with Gasteiger partial charge in [0, 0.05) is 25.2 Å². The first kappa shape index (κ1) is 24.8. The molecule has 4 nitrogen and oxygen atoms in total. The average Bonchev–Trinajstić information content (AvgIpc) is 2.90. The van der Waals surface area contributed by atoms with Crippen molar-refractivity contribution in [1.29, 1.82) is 0 Å². The summed E-state index contributed by atoms with van der Waals surface area (Å²) in [6, 6.07) is 16.9. The zero-order chi connectivity index (χ0) is 23.8. The van der Waals surface area contributed by atoms with Crippen LogP contribution in [-0.2, 0) is 11.2 Å². The first-order valence-corrected chi connectivity index (χ1v) is 13.4. The van der Waals surface area contributed by atoms with Crippen molar-refractivity contribution in [2.75, 3.05) is 38.2 Å². The van der Waals surface area contributed by atoms with E-state index in [-0.39, 0.29) is 0 Å². The highest BCUT2D eigenvalue weighted by molar-refractivity contribution is 5.94. The number of methoxy groups -OCH3 is 1. The van der Waals surface area contributed by atoms with Gasteiger partial charge in [0.25, 0.3) is 0 Å². The normalized spacial score (nSPS) is 18.1. The molecule has 2 fully saturated rings. The van der Waals surface area contributed by atoms with Crippen molar-refractivity contribution in [2.24, 2.45) is 5.92 Å². The third-order valence-corrected chi connectivity index (χ3v) is 7.96. The number of benzene rings is 2. The number of piperidine rings is 1. The van der Waals surface area contributed by atoms with Crippen molar-refractivity contribution >= 4 is 11.6 Å². The molecule has 0 bridgehead atoms. The van der Waals surface area contributed by atoms with Crippen LogP contribution in [0.4, 0.5) is 5.69 Å². The maximum absolute atomic E-state index is 13.6. The van der Waals surface area contributed by atoms with Gasteiger partial charge in [-0.2, -0.15) is 0 Å². The number of aryl methyl sites for hydroxylation is 1. The summed E-state index contributed by atoms with van der Waals surface area (Å²) in [6.45, 7) is 6.05. The second-order valence-electron chi connectivity index (χ2n) is 10.1. The van der Waals surface area contributed by atoms with E-state index in [1.165, 1.54) is 43.2 Å². The minimum Gasteiger partial charge on any atom is -0.496 e. The molecule has 1 aliphatic heterocycles. The molecular weight excluding hydrogens is 420 g/mol. The van der Waals surface area contributed by atoms with E-state index in [0.717, 1.165) is 56.9 Å². The van der Waals surface area contributed by atoms with E-state index < -0.39 is 0 Å². The number of carbonyl (C=O) groups excluding carboxylic acids is 1. The van der Waals surface area contributed by atoms with Crippen molar-refractivity contribution in [3.8, 4) is 5.75 Å². The van der Waals surface area contributed by atoms with E-state index in [1.807, 2.05) is 6.07 Å². The van der Waals surface area contributed by atoms with Gasteiger partial charge in [-0.05, 0) is 80.3 Å². The highest BCUT2D eigenvalue weighted by Crippen LogP contribution is 2.34. The van der Waals surface area contributed by atoms with E-state index in [1.54, 1.807) is 7.11 Å². The maximum atomic E-state index is 13.6. The lowest BCUT2D eigenvalue weighted by Crippen LogP contribution is -2.42. The second-order valence-corrected chi connectivity index (χ2v) is 10.1. The van der Waals surface area contributed by atoms with Gasteiger partial charge in [0.2, 0.25) is 5.91 Å². The lowest BCUT2D eigenvalue weighted by molar-refractivity contribution is -0.119. The molecule has 2 aromatic carbocycles. The molecular formula is C30H42N2O2. The van der Waals surface area contributed by atoms with E-state index in [2.05, 4.69) is 59.2 Å². The fourth-order valence-corrected chi connectivity index (χ4v) is 5.91. The summed E-state index contributed by atoms with van der Waals surface area (Å²) in [6.07, 6.45) is 10.3. The molecule has 184 valence electrons. The molecule has 0 radical (unpaired) electrons. The molecule has 4 heteroatoms. The van der Waals surface area contributed by atoms with Crippen LogP contribution < -0.4 is 9.64 Å². The third kappa shape index (κ3) is 6.21. The summed E-state index contributed by atoms with van der Waals surface area (Å²) in [5, 5.41) is 0. The van der Waals surface area contributed by atoms with Crippen LogP contribution in [0.1, 0.15) is 75.3 Å². The highest BCUT2D eigenvalue weighted by atomic mass is 16.5. The zero-order valence-electron chi connectivity index (χ0n) is 21.2. The smallest absolute Gasteiger partial charge is 0.227 e. The van der Waals surface area contributed by atoms with Gasteiger partial charge in [-0.15, -0.1) is 0 Å². The highest BCUT2D eigenvalue weighted by Gasteiger charge is 2.26. The predicted octanol–water partition coefficient (Wildman–Crippen LogP) is 6.44. The molecule has 1 aliphatic carbocycles. The fourth-order valence-electron chi connectivity index (χ4n) is 5.91. The van der Waals surface area contributed by atoms with Crippen molar-refractivity contribution in [1.82, 2.24) is 4.90 Å². The topological polar surface area (TPSA) is 32.8 Å². The van der Waals surface area contributed by atoms with E-state index in [4.69, 9.17) is 4.74 Å². The van der Waals surface area contributed by atoms with Crippen LogP contribution in [0.5, 0.6) is 5.75 Å². The van der Waals surface area contributed by atoms with Crippen molar-refractivity contribution in [2.45, 2.75) is 70.6 Å². The van der Waals surface area contributed by atoms with Crippen LogP contribution in [-0.4, -0.2) is 44.1 Å². The Labute approximate surface area is 206 Å². The average molecular weight is 463 g/mol. The molecule has 1 heterocycles. The van der Waals surface area contributed by atoms with E-state index in [9.17, 15) is 4.79 Å². The van der Waals surface area contributed by atoms with Crippen LogP contribution in [0.15, 0.2) is 48.5 Å². The number of carbonyl (C=O) groups is 1. The van der Waals surface area contributed by atoms with Gasteiger partial charge in [-0.1, -0.05) is 62.6 Å². The Morgan fingerprint density at radius 3 is 2.41 bits per heavy atom. The summed E-state index contributed by atoms with van der Waals surface area (Å²) in [5.74, 6) is 2.44. The lowest BCUT2D eigenvalue weighted by Gasteiger charge is -2.35. The molecule has 0 unspecified atom stereocenters. The SMILES string of the molecule is CCc1ccccc1N(CCN1CCC(c2ccccc2OC)CC1)C(=O)CC1CCCCC1. The van der Waals surface area contributed by atoms with Gasteiger partial charge < -0.3 is 14.5 Å². The number of ether oxygens (including phenoxy) is 1. The lowest BCUT2D eigenvalue weighted by atomic mass is 9.86. The number of rotatable bonds is 9. The van der Waals surface area contributed by atoms with E-state index >= 15 is 0 Å². The molecule has 1 saturated heterocycles. The van der Waals surface area contributed by atoms with Crippen molar-refractivity contribution in [3.63, 3.8) is 0 Å². The monoisotopic (exact) mass is 462 g/mol. The van der Waals surface area contributed by atoms with E-state index in [0.29, 0.717) is 24.2 Å². The minimum absolute atomic E-state index is 0.316. The summed E-state index contributed by atoms with van der Waals surface area (Å²) in [4.78, 5) is 18.2. The molecule has 0 N–H and O–H groups in total. The standard InChI is InChI=1S/C30H42N2O2/c1-3-25-13-7-9-15-28(25)32(30(33)23-24-11-5-4-6-12-24)22-21-31-19-17-26(18-20-31)27-14-8-10-16-29(27)34-2/h7-10,13-16,24,26H,3-6,11-12,17-23H2,1-2H3. The van der Waals surface area contributed by atoms with Crippen LogP contribution in [0.25, 0.3) is 0 Å². The molecule has 34 heavy (non-hydrogen) atoms. The van der Waals surface area contributed by atoms with Gasteiger partial charge in [0.1, 0.15) is 5.75 Å². The van der Waals surface area contributed by atoms with Gasteiger partial charge in [0.05, 0.1) is 7.11 Å². The Morgan fingerprint density at radius 2 is 1.68 bits per heavy atom. The Morgan fingerprint density at radius 1 is 0.971 bits per heavy atom. The molecule has 1 saturated carbocycles. The summed E-state index contributed by atoms with van der Waals surface area (Å²) < 4.78 is 5.61. The Balaban J connectivity index is 1.39. The number of anilines is 1. The summed E-state index contributed by atoms with van der Waals surface area (Å²) in [7, 11) is 1.76. The Kier molecular flexibility index (Phi) is 9.04. The first-order valence-electron chi connectivity index (χ1n) is 13.4. The van der Waals surface area contributed by atoms with Gasteiger partial charge >= 0.3 is 0 Å². The molecule has 4 rings (SSSR count). The summed E-state index contributed by atoms with van der Waals surface area (Å²) >= 11 is 0. The quantitative estimate of drug-likeness (QED) is 0.430. The Bertz CT molecular complexity index is 914. The van der Waals surface area contributed by atoms with Crippen molar-refractivity contribution < 1.29 is 9.53 Å². The molecule has 0 atom stereocenters. The molecule has 0 aromatic heterocycles. The van der Waals surface area contributed by atoms with Crippen LogP contribution in [0.3, 0.4) is 0 Å². The number of hydrogen-bond acceptors (Lipinski definition) is 3. The number of hydrogen-bond donors (Lipinski definition) is 0. The number of para-hydroxylation sites is 2. The third-order valence-electron chi connectivity index (χ3n) is 7.96. The Hall–Kier alpha value is -2.33. The number of nitrogens with zero attached hydrogens (tertiary/aromatic N) is 2. The largest absolute Gasteiger partial charge is 0.496 e. The number of amides is 1. The molecule has 0 spiro atoms. The molecule has 2 aliphatic rings. The molecule has 1 amide bonds. The van der Waals surface area contributed by atoms with Crippen LogP contribution >= 0.6 is 0 Å².